The molecule has 0 spiro atoms. The molecule has 0 saturated heterocycles. The van der Waals surface area contributed by atoms with Gasteiger partial charge >= 0.3 is 95.2 Å². The summed E-state index contributed by atoms with van der Waals surface area (Å²) >= 11 is 8.79. The molecule has 0 atom stereocenters. The van der Waals surface area contributed by atoms with E-state index in [1.807, 2.05) is 0 Å². The van der Waals surface area contributed by atoms with E-state index in [9.17, 15) is 10.1 Å². The molecule has 0 aliphatic rings. The summed E-state index contributed by atoms with van der Waals surface area (Å²) in [7, 11) is 0. The molecule has 8 heteroatoms. The van der Waals surface area contributed by atoms with Gasteiger partial charge in [0.05, 0.1) is 0 Å². The molecule has 0 saturated carbocycles. The molecule has 76 valence electrons. The Labute approximate surface area is 95.2 Å². The third-order valence-corrected chi connectivity index (χ3v) is 2.44. The Morgan fingerprint density at radius 1 is 1.57 bits per heavy atom. The first kappa shape index (κ1) is 9.60. The fraction of sp³-hybridized carbons (Fsp3) is 0. The number of rotatable bonds is 1. The molecule has 6 nitrogen and oxygen atoms in total. The summed E-state index contributed by atoms with van der Waals surface area (Å²) in [6, 6.07) is 2.71. The first-order chi connectivity index (χ1) is 6.59. The molecule has 2 rings (SSSR count). The second-order valence-corrected chi connectivity index (χ2v) is 3.50. The molecular weight excluding hydrogens is 303 g/mol. The van der Waals surface area contributed by atoms with Crippen LogP contribution < -0.4 is 0 Å². The van der Waals surface area contributed by atoms with Gasteiger partial charge in [0.15, 0.2) is 0 Å². The summed E-state index contributed by atoms with van der Waals surface area (Å²) in [5, 5.41) is 17.9. The maximum absolute atomic E-state index is 10.5. The zero-order valence-corrected chi connectivity index (χ0v) is 8.68. The van der Waals surface area contributed by atoms with Crippen molar-refractivity contribution in [1.82, 2.24) is 13.4 Å². The summed E-state index contributed by atoms with van der Waals surface area (Å²) in [5.41, 5.74) is 0.823. The van der Waals surface area contributed by atoms with E-state index in [4.69, 9.17) is 11.6 Å². The predicted molar refractivity (Wildman–Crippen MR) is 44.6 cm³/mol. The van der Waals surface area contributed by atoms with E-state index >= 15 is 0 Å². The zero-order chi connectivity index (χ0) is 10.3. The van der Waals surface area contributed by atoms with Crippen LogP contribution in [0.15, 0.2) is 12.1 Å². The average molecular weight is 305 g/mol. The van der Waals surface area contributed by atoms with Crippen molar-refractivity contribution in [3.8, 4) is 0 Å². The third kappa shape index (κ3) is 1.42. The third-order valence-electron chi connectivity index (χ3n) is 1.65. The molecule has 0 fully saturated rings. The van der Waals surface area contributed by atoms with Crippen LogP contribution in [0, 0.1) is 10.1 Å². The van der Waals surface area contributed by atoms with E-state index in [1.165, 1.54) is 15.2 Å². The Bertz CT molecular complexity index is 526. The summed E-state index contributed by atoms with van der Waals surface area (Å²) < 4.78 is 1.31. The van der Waals surface area contributed by atoms with Gasteiger partial charge in [-0.25, -0.2) is 0 Å². The van der Waals surface area contributed by atoms with E-state index < -0.39 is 4.92 Å². The number of halogens is 1. The SMILES string of the molecule is O=[N+]([O-])c1cc2nn[n]([Ag])c2cc1Cl. The molecule has 0 bridgehead atoms. The minimum absolute atomic E-state index is 0.0602. The van der Waals surface area contributed by atoms with Crippen LogP contribution in [-0.2, 0) is 21.3 Å². The van der Waals surface area contributed by atoms with Gasteiger partial charge < -0.3 is 0 Å². The quantitative estimate of drug-likeness (QED) is 0.452. The van der Waals surface area contributed by atoms with Gasteiger partial charge in [0.1, 0.15) is 0 Å². The minimum atomic E-state index is -0.561. The van der Waals surface area contributed by atoms with Crippen molar-refractivity contribution >= 4 is 28.3 Å². The Morgan fingerprint density at radius 3 is 2.93 bits per heavy atom. The first-order valence-corrected chi connectivity index (χ1v) is 4.46. The monoisotopic (exact) mass is 304 g/mol. The summed E-state index contributed by atoms with van der Waals surface area (Å²) in [6.07, 6.45) is 0. The Morgan fingerprint density at radius 2 is 2.29 bits per heavy atom. The van der Waals surface area contributed by atoms with E-state index in [-0.39, 0.29) is 10.7 Å². The van der Waals surface area contributed by atoms with Crippen LogP contribution in [-0.4, -0.2) is 18.3 Å². The van der Waals surface area contributed by atoms with Gasteiger partial charge in [0.2, 0.25) is 0 Å². The second-order valence-electron chi connectivity index (χ2n) is 2.47. The first-order valence-electron chi connectivity index (χ1n) is 3.41. The molecule has 1 aromatic heterocycles. The zero-order valence-electron chi connectivity index (χ0n) is 6.44. The van der Waals surface area contributed by atoms with Crippen LogP contribution >= 0.6 is 11.6 Å². The predicted octanol–water partition coefficient (Wildman–Crippen LogP) is 1.30. The molecular formula is C6H2AgClN4O2. The standard InChI is InChI=1S/C6H2ClN4O2.Ag/c7-3-1-4-5(9-10-8-4)2-6(3)11(12)13;/h1-2H;/q-1;+1. The normalized spacial score (nSPS) is 10.8. The van der Waals surface area contributed by atoms with Crippen molar-refractivity contribution in [1.29, 1.82) is 0 Å². The van der Waals surface area contributed by atoms with Gasteiger partial charge in [0.25, 0.3) is 0 Å². The van der Waals surface area contributed by atoms with E-state index in [1.54, 1.807) is 0 Å². The number of hydrogen-bond acceptors (Lipinski definition) is 4. The molecule has 1 heterocycles. The molecule has 0 aliphatic carbocycles. The topological polar surface area (TPSA) is 73.8 Å². The molecule has 14 heavy (non-hydrogen) atoms. The average Bonchev–Trinajstić information content (AvgIpc) is 2.46. The van der Waals surface area contributed by atoms with Gasteiger partial charge in [-0.05, 0) is 0 Å². The maximum atomic E-state index is 10.5. The van der Waals surface area contributed by atoms with Crippen LogP contribution in [0.4, 0.5) is 5.69 Å². The fourth-order valence-corrected chi connectivity index (χ4v) is 1.59. The van der Waals surface area contributed by atoms with Crippen LogP contribution in [0.2, 0.25) is 5.02 Å². The number of fused-ring (bicyclic) bond motifs is 1. The van der Waals surface area contributed by atoms with Crippen LogP contribution in [0.1, 0.15) is 0 Å². The number of nitrogens with zero attached hydrogens (tertiary/aromatic N) is 4. The second kappa shape index (κ2) is 3.32. The Hall–Kier alpha value is -0.950. The van der Waals surface area contributed by atoms with E-state index in [0.717, 1.165) is 0 Å². The van der Waals surface area contributed by atoms with Crippen molar-refractivity contribution in [2.45, 2.75) is 0 Å². The number of nitro groups is 1. The number of nitro benzene ring substituents is 1. The Balaban J connectivity index is 2.79. The number of hydrogen-bond donors (Lipinski definition) is 0. The summed E-state index contributed by atoms with van der Waals surface area (Å²) in [5.74, 6) is 0. The Kier molecular flexibility index (Phi) is 2.28. The number of benzene rings is 1. The molecule has 0 aliphatic heterocycles. The molecule has 2 aromatic rings. The fourth-order valence-electron chi connectivity index (χ4n) is 1.03. The molecule has 0 amide bonds. The number of aromatic nitrogens is 3. The van der Waals surface area contributed by atoms with Gasteiger partial charge in [0, 0.05) is 0 Å². The van der Waals surface area contributed by atoms with Crippen molar-refractivity contribution < 1.29 is 26.3 Å². The van der Waals surface area contributed by atoms with Crippen LogP contribution in [0.5, 0.6) is 0 Å². The summed E-state index contributed by atoms with van der Waals surface area (Å²) in [4.78, 5) is 9.97. The van der Waals surface area contributed by atoms with Crippen LogP contribution in [0.25, 0.3) is 11.0 Å². The van der Waals surface area contributed by atoms with E-state index in [0.29, 0.717) is 11.0 Å². The molecule has 0 N–H and O–H groups in total. The van der Waals surface area contributed by atoms with E-state index in [2.05, 4.69) is 31.6 Å². The van der Waals surface area contributed by atoms with Gasteiger partial charge in [-0.2, -0.15) is 0 Å². The van der Waals surface area contributed by atoms with Crippen molar-refractivity contribution in [3.05, 3.63) is 27.3 Å². The molecule has 0 radical (unpaired) electrons. The van der Waals surface area contributed by atoms with Crippen LogP contribution in [0.3, 0.4) is 0 Å². The van der Waals surface area contributed by atoms with Gasteiger partial charge in [-0.3, -0.25) is 0 Å². The van der Waals surface area contributed by atoms with Crippen molar-refractivity contribution in [3.63, 3.8) is 0 Å². The van der Waals surface area contributed by atoms with Crippen molar-refractivity contribution in [2.75, 3.05) is 0 Å². The van der Waals surface area contributed by atoms with Crippen molar-refractivity contribution in [2.24, 2.45) is 0 Å². The van der Waals surface area contributed by atoms with Gasteiger partial charge in [-0.1, -0.05) is 0 Å². The molecule has 1 aromatic carbocycles. The summed E-state index contributed by atoms with van der Waals surface area (Å²) in [6.45, 7) is 0. The molecule has 0 unspecified atom stereocenters. The van der Waals surface area contributed by atoms with Gasteiger partial charge in [-0.15, -0.1) is 0 Å².